The summed E-state index contributed by atoms with van der Waals surface area (Å²) in [7, 11) is 0. The van der Waals surface area contributed by atoms with Crippen LogP contribution in [-0.2, 0) is 31.3 Å². The van der Waals surface area contributed by atoms with Gasteiger partial charge in [0.05, 0.1) is 18.1 Å². The Labute approximate surface area is 314 Å². The number of fused-ring (bicyclic) bond motifs is 2. The predicted molar refractivity (Wildman–Crippen MR) is 219 cm³/mol. The zero-order valence-electron chi connectivity index (χ0n) is 34.1. The molecule has 2 aliphatic carbocycles. The molecule has 2 atom stereocenters. The number of pyridine rings is 1. The largest absolute Gasteiger partial charge is 0.370 e. The number of rotatable bonds is 13. The number of anilines is 1. The maximum atomic E-state index is 15.4. The van der Waals surface area contributed by atoms with Gasteiger partial charge in [0.15, 0.2) is 5.82 Å². The van der Waals surface area contributed by atoms with Gasteiger partial charge in [-0.3, -0.25) is 4.98 Å². The molecule has 6 nitrogen and oxygen atoms in total. The maximum absolute atomic E-state index is 15.4. The SMILES string of the molecule is C=C(C)c1cc(F)c2nc(CNC(CC)CN(CC)c3cccc4c3CC(C)(c3ccc(C)cn3)C4)n(CC3(CC#N)CC3)c2c1.CC.CC.CC. The summed E-state index contributed by atoms with van der Waals surface area (Å²) in [6.45, 7) is 29.8. The zero-order valence-corrected chi connectivity index (χ0v) is 34.1. The van der Waals surface area contributed by atoms with Crippen molar-refractivity contribution >= 4 is 22.3 Å². The molecule has 282 valence electrons. The average Bonchev–Trinajstić information content (AvgIpc) is 3.69. The van der Waals surface area contributed by atoms with Crippen molar-refractivity contribution in [3.05, 3.63) is 94.8 Å². The number of allylic oxidation sites excluding steroid dienone is 1. The first-order chi connectivity index (χ1) is 25.1. The molecule has 2 aromatic heterocycles. The number of aryl methyl sites for hydroxylation is 1. The highest BCUT2D eigenvalue weighted by molar-refractivity contribution is 5.81. The Morgan fingerprint density at radius 1 is 1.08 bits per heavy atom. The molecule has 2 aliphatic rings. The van der Waals surface area contributed by atoms with Crippen LogP contribution in [0.3, 0.4) is 0 Å². The Kier molecular flexibility index (Phi) is 15.6. The van der Waals surface area contributed by atoms with Crippen molar-refractivity contribution in [2.45, 2.75) is 139 Å². The fraction of sp³-hybridized carbons (Fsp3) is 0.533. The molecule has 6 rings (SSSR count). The Hall–Kier alpha value is -4.02. The average molecular weight is 709 g/mol. The van der Waals surface area contributed by atoms with Crippen LogP contribution in [0, 0.1) is 29.5 Å². The third-order valence-electron chi connectivity index (χ3n) is 10.4. The number of aromatic nitrogens is 3. The van der Waals surface area contributed by atoms with Crippen LogP contribution in [0.25, 0.3) is 16.6 Å². The van der Waals surface area contributed by atoms with Gasteiger partial charge in [0.25, 0.3) is 0 Å². The minimum Gasteiger partial charge on any atom is -0.370 e. The topological polar surface area (TPSA) is 69.8 Å². The Bertz CT molecular complexity index is 1800. The molecular formula is C45H65FN6. The van der Waals surface area contributed by atoms with Crippen LogP contribution in [0.15, 0.2) is 55.2 Å². The third-order valence-corrected chi connectivity index (χ3v) is 10.4. The quantitative estimate of drug-likeness (QED) is 0.150. The molecule has 7 heteroatoms. The molecule has 52 heavy (non-hydrogen) atoms. The highest BCUT2D eigenvalue weighted by atomic mass is 19.1. The lowest BCUT2D eigenvalue weighted by Gasteiger charge is -2.31. The lowest BCUT2D eigenvalue weighted by molar-refractivity contribution is 0.415. The molecular weight excluding hydrogens is 644 g/mol. The second kappa shape index (κ2) is 19.2. The molecule has 0 spiro atoms. The standard InChI is InChI=1S/C39H47FN6.3C2H6/c1-7-30(24-45(8-2)33-11-9-10-28-20-38(6,21-31(28)33)35-13-12-27(5)22-43-35)42-23-36-44-37-32(40)18-29(26(3)4)19-34(37)46(36)25-39(14-15-39)16-17-41;3*1-2/h9-13,18-19,22,30,42H,3,7-8,14-16,20-21,23-25H2,1-2,4-6H3;3*1-2H3. The number of hydrogen-bond donors (Lipinski definition) is 1. The molecule has 2 aromatic carbocycles. The second-order valence-electron chi connectivity index (χ2n) is 14.1. The number of benzene rings is 2. The summed E-state index contributed by atoms with van der Waals surface area (Å²) in [4.78, 5) is 12.2. The molecule has 1 saturated carbocycles. The van der Waals surface area contributed by atoms with Crippen LogP contribution in [0.2, 0.25) is 0 Å². The summed E-state index contributed by atoms with van der Waals surface area (Å²) in [5, 5.41) is 13.3. The van der Waals surface area contributed by atoms with E-state index in [-0.39, 0.29) is 22.7 Å². The summed E-state index contributed by atoms with van der Waals surface area (Å²) < 4.78 is 17.5. The van der Waals surface area contributed by atoms with E-state index in [4.69, 9.17) is 9.97 Å². The van der Waals surface area contributed by atoms with E-state index in [1.54, 1.807) is 0 Å². The van der Waals surface area contributed by atoms with E-state index in [1.165, 1.54) is 28.4 Å². The van der Waals surface area contributed by atoms with Crippen LogP contribution in [0.1, 0.15) is 129 Å². The summed E-state index contributed by atoms with van der Waals surface area (Å²) >= 11 is 0. The van der Waals surface area contributed by atoms with E-state index in [2.05, 4.69) is 85.5 Å². The normalized spacial score (nSPS) is 16.9. The van der Waals surface area contributed by atoms with Crippen molar-refractivity contribution in [3.63, 3.8) is 0 Å². The van der Waals surface area contributed by atoms with E-state index in [9.17, 15) is 5.26 Å². The van der Waals surface area contributed by atoms with Crippen LogP contribution < -0.4 is 10.2 Å². The molecule has 2 heterocycles. The van der Waals surface area contributed by atoms with Crippen molar-refractivity contribution in [3.8, 4) is 6.07 Å². The van der Waals surface area contributed by atoms with E-state index < -0.39 is 0 Å². The van der Waals surface area contributed by atoms with Gasteiger partial charge in [-0.1, -0.05) is 85.7 Å². The summed E-state index contributed by atoms with van der Waals surface area (Å²) in [5.74, 6) is 0.496. The van der Waals surface area contributed by atoms with Gasteiger partial charge in [0, 0.05) is 60.5 Å². The van der Waals surface area contributed by atoms with Crippen molar-refractivity contribution in [2.75, 3.05) is 18.0 Å². The van der Waals surface area contributed by atoms with Gasteiger partial charge in [-0.15, -0.1) is 0 Å². The minimum absolute atomic E-state index is 0.0171. The zero-order chi connectivity index (χ0) is 38.6. The minimum atomic E-state index is -0.324. The van der Waals surface area contributed by atoms with Gasteiger partial charge in [-0.25, -0.2) is 9.37 Å². The first-order valence-electron chi connectivity index (χ1n) is 19.8. The number of likely N-dealkylation sites (N-methyl/N-ethyl adjacent to an activating group) is 1. The Balaban J connectivity index is 0.00000116. The summed E-state index contributed by atoms with van der Waals surface area (Å²) in [5.41, 5.74) is 9.22. The first kappa shape index (κ1) is 42.4. The van der Waals surface area contributed by atoms with E-state index >= 15 is 4.39 Å². The van der Waals surface area contributed by atoms with Gasteiger partial charge < -0.3 is 14.8 Å². The van der Waals surface area contributed by atoms with Crippen molar-refractivity contribution in [1.82, 2.24) is 19.9 Å². The van der Waals surface area contributed by atoms with E-state index in [0.717, 1.165) is 73.4 Å². The van der Waals surface area contributed by atoms with Crippen molar-refractivity contribution in [2.24, 2.45) is 5.41 Å². The van der Waals surface area contributed by atoms with Crippen molar-refractivity contribution < 1.29 is 4.39 Å². The number of hydrogen-bond acceptors (Lipinski definition) is 5. The lowest BCUT2D eigenvalue weighted by atomic mass is 9.83. The highest BCUT2D eigenvalue weighted by Crippen LogP contribution is 2.50. The number of nitrogens with one attached hydrogen (secondary N) is 1. The fourth-order valence-electron chi connectivity index (χ4n) is 7.26. The molecule has 0 saturated heterocycles. The van der Waals surface area contributed by atoms with Gasteiger partial charge >= 0.3 is 0 Å². The van der Waals surface area contributed by atoms with Gasteiger partial charge in [-0.05, 0) is 99.4 Å². The van der Waals surface area contributed by atoms with E-state index in [1.807, 2.05) is 60.7 Å². The third kappa shape index (κ3) is 9.50. The molecule has 2 unspecified atom stereocenters. The molecule has 0 bridgehead atoms. The van der Waals surface area contributed by atoms with Crippen LogP contribution in [0.5, 0.6) is 0 Å². The van der Waals surface area contributed by atoms with E-state index in [0.29, 0.717) is 25.0 Å². The molecule has 0 aliphatic heterocycles. The van der Waals surface area contributed by atoms with Crippen molar-refractivity contribution in [1.29, 1.82) is 5.26 Å². The summed E-state index contributed by atoms with van der Waals surface area (Å²) in [6, 6.07) is 17.2. The summed E-state index contributed by atoms with van der Waals surface area (Å²) in [6.07, 6.45) is 7.43. The number of imidazole rings is 1. The monoisotopic (exact) mass is 709 g/mol. The molecule has 0 amide bonds. The highest BCUT2D eigenvalue weighted by Gasteiger charge is 2.43. The fourth-order valence-corrected chi connectivity index (χ4v) is 7.26. The Morgan fingerprint density at radius 3 is 2.37 bits per heavy atom. The molecule has 1 N–H and O–H groups in total. The van der Waals surface area contributed by atoms with Gasteiger partial charge in [0.2, 0.25) is 0 Å². The van der Waals surface area contributed by atoms with Crippen LogP contribution in [0.4, 0.5) is 10.1 Å². The molecule has 0 radical (unpaired) electrons. The Morgan fingerprint density at radius 2 is 1.79 bits per heavy atom. The first-order valence-corrected chi connectivity index (χ1v) is 19.8. The number of halogens is 1. The number of nitrogens with zero attached hydrogens (tertiary/aromatic N) is 5. The number of nitriles is 1. The molecule has 1 fully saturated rings. The van der Waals surface area contributed by atoms with Crippen LogP contribution in [-0.4, -0.2) is 33.7 Å². The predicted octanol–water partition coefficient (Wildman–Crippen LogP) is 11.1. The smallest absolute Gasteiger partial charge is 0.151 e. The maximum Gasteiger partial charge on any atom is 0.151 e. The second-order valence-corrected chi connectivity index (χ2v) is 14.1. The van der Waals surface area contributed by atoms with Gasteiger partial charge in [0.1, 0.15) is 11.3 Å². The van der Waals surface area contributed by atoms with Crippen LogP contribution >= 0.6 is 0 Å². The molecule has 4 aromatic rings. The lowest BCUT2D eigenvalue weighted by Crippen LogP contribution is -2.41. The van der Waals surface area contributed by atoms with Gasteiger partial charge in [-0.2, -0.15) is 5.26 Å².